The highest BCUT2D eigenvalue weighted by molar-refractivity contribution is 6.31. The standard InChI is InChI=1S/C9H8ClFN2/c10-9-6(8(13)4-5-12)2-1-3-7(9)11/h1-3,8H,4,13H2. The van der Waals surface area contributed by atoms with Crippen LogP contribution in [0.3, 0.4) is 0 Å². The van der Waals surface area contributed by atoms with Gasteiger partial charge in [-0.2, -0.15) is 5.26 Å². The molecule has 13 heavy (non-hydrogen) atoms. The molecule has 0 aliphatic heterocycles. The van der Waals surface area contributed by atoms with Crippen molar-refractivity contribution in [1.82, 2.24) is 0 Å². The van der Waals surface area contributed by atoms with Crippen LogP contribution in [0.4, 0.5) is 4.39 Å². The third-order valence-electron chi connectivity index (χ3n) is 1.69. The van der Waals surface area contributed by atoms with E-state index in [2.05, 4.69) is 0 Å². The lowest BCUT2D eigenvalue weighted by molar-refractivity contribution is 0.620. The minimum absolute atomic E-state index is 0.00486. The number of benzene rings is 1. The minimum atomic E-state index is -0.520. The van der Waals surface area contributed by atoms with Crippen LogP contribution in [0.25, 0.3) is 0 Å². The van der Waals surface area contributed by atoms with Gasteiger partial charge in [0.1, 0.15) is 5.82 Å². The van der Waals surface area contributed by atoms with Crippen molar-refractivity contribution in [2.45, 2.75) is 12.5 Å². The summed E-state index contributed by atoms with van der Waals surface area (Å²) in [4.78, 5) is 0. The highest BCUT2D eigenvalue weighted by atomic mass is 35.5. The maximum Gasteiger partial charge on any atom is 0.142 e. The van der Waals surface area contributed by atoms with Gasteiger partial charge < -0.3 is 5.73 Å². The molecule has 0 saturated carbocycles. The number of nitriles is 1. The summed E-state index contributed by atoms with van der Waals surface area (Å²) in [6, 6.07) is 5.78. The molecule has 1 unspecified atom stereocenters. The molecule has 0 amide bonds. The van der Waals surface area contributed by atoms with E-state index in [1.165, 1.54) is 12.1 Å². The van der Waals surface area contributed by atoms with Crippen LogP contribution in [0, 0.1) is 17.1 Å². The molecule has 1 rings (SSSR count). The number of hydrogen-bond donors (Lipinski definition) is 1. The molecule has 68 valence electrons. The summed E-state index contributed by atoms with van der Waals surface area (Å²) in [6.45, 7) is 0. The highest BCUT2D eigenvalue weighted by Crippen LogP contribution is 2.25. The second-order valence-electron chi connectivity index (χ2n) is 2.61. The molecule has 0 aromatic heterocycles. The summed E-state index contributed by atoms with van der Waals surface area (Å²) in [5.41, 5.74) is 6.08. The van der Waals surface area contributed by atoms with E-state index in [4.69, 9.17) is 22.6 Å². The zero-order valence-electron chi connectivity index (χ0n) is 6.80. The number of nitrogens with two attached hydrogens (primary N) is 1. The van der Waals surface area contributed by atoms with Crippen molar-refractivity contribution in [1.29, 1.82) is 5.26 Å². The predicted octanol–water partition coefficient (Wildman–Crippen LogP) is 2.39. The van der Waals surface area contributed by atoms with E-state index < -0.39 is 11.9 Å². The van der Waals surface area contributed by atoms with E-state index in [1.807, 2.05) is 6.07 Å². The lowest BCUT2D eigenvalue weighted by atomic mass is 10.1. The summed E-state index contributed by atoms with van der Waals surface area (Å²) in [6.07, 6.45) is 0.128. The molecule has 0 heterocycles. The fourth-order valence-electron chi connectivity index (χ4n) is 1.02. The van der Waals surface area contributed by atoms with Gasteiger partial charge in [0.2, 0.25) is 0 Å². The van der Waals surface area contributed by atoms with Gasteiger partial charge in [0.15, 0.2) is 0 Å². The maximum absolute atomic E-state index is 12.9. The molecular weight excluding hydrogens is 191 g/mol. The van der Waals surface area contributed by atoms with Gasteiger partial charge in [0, 0.05) is 6.04 Å². The second kappa shape index (κ2) is 4.22. The Morgan fingerprint density at radius 1 is 1.62 bits per heavy atom. The number of hydrogen-bond acceptors (Lipinski definition) is 2. The Morgan fingerprint density at radius 2 is 2.31 bits per heavy atom. The first kappa shape index (κ1) is 9.97. The summed E-state index contributed by atoms with van der Waals surface area (Å²) in [5, 5.41) is 8.40. The van der Waals surface area contributed by atoms with Crippen LogP contribution >= 0.6 is 11.6 Å². The van der Waals surface area contributed by atoms with E-state index in [0.29, 0.717) is 5.56 Å². The molecule has 0 radical (unpaired) electrons. The SMILES string of the molecule is N#CCC(N)c1cccc(F)c1Cl. The van der Waals surface area contributed by atoms with Gasteiger partial charge in [-0.25, -0.2) is 4.39 Å². The molecule has 0 bridgehead atoms. The average Bonchev–Trinajstić information content (AvgIpc) is 2.10. The Morgan fingerprint density at radius 3 is 2.92 bits per heavy atom. The van der Waals surface area contributed by atoms with E-state index in [1.54, 1.807) is 6.07 Å². The van der Waals surface area contributed by atoms with Crippen LogP contribution in [-0.2, 0) is 0 Å². The fourth-order valence-corrected chi connectivity index (χ4v) is 1.28. The molecular formula is C9H8ClFN2. The summed E-state index contributed by atoms with van der Waals surface area (Å²) >= 11 is 5.66. The van der Waals surface area contributed by atoms with Crippen LogP contribution < -0.4 is 5.73 Å². The zero-order chi connectivity index (χ0) is 9.84. The van der Waals surface area contributed by atoms with Crippen LogP contribution in [0.5, 0.6) is 0 Å². The average molecular weight is 199 g/mol. The molecule has 0 spiro atoms. The van der Waals surface area contributed by atoms with Crippen molar-refractivity contribution in [2.24, 2.45) is 5.73 Å². The van der Waals surface area contributed by atoms with E-state index in [9.17, 15) is 4.39 Å². The van der Waals surface area contributed by atoms with Crippen molar-refractivity contribution >= 4 is 11.6 Å². The zero-order valence-corrected chi connectivity index (χ0v) is 7.55. The first-order valence-electron chi connectivity index (χ1n) is 3.73. The Kier molecular flexibility index (Phi) is 3.24. The Hall–Kier alpha value is -1.11. The molecule has 1 aromatic rings. The van der Waals surface area contributed by atoms with E-state index >= 15 is 0 Å². The van der Waals surface area contributed by atoms with E-state index in [0.717, 1.165) is 0 Å². The normalized spacial score (nSPS) is 12.2. The molecule has 1 atom stereocenters. The van der Waals surface area contributed by atoms with Gasteiger partial charge >= 0.3 is 0 Å². The summed E-state index contributed by atoms with van der Waals surface area (Å²) in [5.74, 6) is -0.507. The molecule has 0 fully saturated rings. The molecule has 0 saturated heterocycles. The van der Waals surface area contributed by atoms with Crippen LogP contribution in [0.1, 0.15) is 18.0 Å². The van der Waals surface area contributed by atoms with Crippen molar-refractivity contribution < 1.29 is 4.39 Å². The molecule has 0 aliphatic rings. The lowest BCUT2D eigenvalue weighted by Crippen LogP contribution is -2.10. The molecule has 0 aliphatic carbocycles. The second-order valence-corrected chi connectivity index (χ2v) is 2.99. The monoisotopic (exact) mass is 198 g/mol. The van der Waals surface area contributed by atoms with Crippen molar-refractivity contribution in [3.63, 3.8) is 0 Å². The van der Waals surface area contributed by atoms with Gasteiger partial charge in [-0.3, -0.25) is 0 Å². The topological polar surface area (TPSA) is 49.8 Å². The largest absolute Gasteiger partial charge is 0.323 e. The third-order valence-corrected chi connectivity index (χ3v) is 2.09. The first-order valence-corrected chi connectivity index (χ1v) is 4.11. The Bertz CT molecular complexity index is 346. The van der Waals surface area contributed by atoms with Crippen molar-refractivity contribution in [3.8, 4) is 6.07 Å². The van der Waals surface area contributed by atoms with Gasteiger partial charge in [0.05, 0.1) is 17.5 Å². The third kappa shape index (κ3) is 2.18. The minimum Gasteiger partial charge on any atom is -0.323 e. The lowest BCUT2D eigenvalue weighted by Gasteiger charge is -2.09. The molecule has 1 aromatic carbocycles. The number of nitrogens with zero attached hydrogens (tertiary/aromatic N) is 1. The fraction of sp³-hybridized carbons (Fsp3) is 0.222. The Balaban J connectivity index is 3.02. The summed E-state index contributed by atoms with van der Waals surface area (Å²) in [7, 11) is 0. The number of rotatable bonds is 2. The number of halogens is 2. The smallest absolute Gasteiger partial charge is 0.142 e. The van der Waals surface area contributed by atoms with Crippen LogP contribution in [0.2, 0.25) is 5.02 Å². The highest BCUT2D eigenvalue weighted by Gasteiger charge is 2.12. The first-order chi connectivity index (χ1) is 6.16. The van der Waals surface area contributed by atoms with Gasteiger partial charge in [-0.15, -0.1) is 0 Å². The Labute approximate surface area is 80.7 Å². The van der Waals surface area contributed by atoms with Gasteiger partial charge in [-0.05, 0) is 11.6 Å². The van der Waals surface area contributed by atoms with Gasteiger partial charge in [-0.1, -0.05) is 23.7 Å². The molecule has 4 heteroatoms. The molecule has 2 N–H and O–H groups in total. The van der Waals surface area contributed by atoms with Gasteiger partial charge in [0.25, 0.3) is 0 Å². The summed E-state index contributed by atoms with van der Waals surface area (Å²) < 4.78 is 12.9. The quantitative estimate of drug-likeness (QED) is 0.793. The maximum atomic E-state index is 12.9. The van der Waals surface area contributed by atoms with Crippen molar-refractivity contribution in [2.75, 3.05) is 0 Å². The van der Waals surface area contributed by atoms with Crippen LogP contribution in [0.15, 0.2) is 18.2 Å². The van der Waals surface area contributed by atoms with E-state index in [-0.39, 0.29) is 11.4 Å². The predicted molar refractivity (Wildman–Crippen MR) is 48.6 cm³/mol. The van der Waals surface area contributed by atoms with Crippen LogP contribution in [-0.4, -0.2) is 0 Å². The molecule has 2 nitrogen and oxygen atoms in total. The van der Waals surface area contributed by atoms with Crippen molar-refractivity contribution in [3.05, 3.63) is 34.6 Å².